The van der Waals surface area contributed by atoms with E-state index in [0.29, 0.717) is 13.2 Å². The fourth-order valence-corrected chi connectivity index (χ4v) is 4.05. The van der Waals surface area contributed by atoms with Crippen molar-refractivity contribution in [1.29, 1.82) is 0 Å². The first kappa shape index (κ1) is 19.3. The van der Waals surface area contributed by atoms with Crippen molar-refractivity contribution in [3.8, 4) is 0 Å². The summed E-state index contributed by atoms with van der Waals surface area (Å²) < 4.78 is 24.6. The highest BCUT2D eigenvalue weighted by atomic mass is 16.8. The lowest BCUT2D eigenvalue weighted by Gasteiger charge is -2.28. The summed E-state index contributed by atoms with van der Waals surface area (Å²) >= 11 is 0. The molecule has 0 unspecified atom stereocenters. The van der Waals surface area contributed by atoms with Gasteiger partial charge in [0.15, 0.2) is 5.79 Å². The maximum Gasteiger partial charge on any atom is 0.163 e. The predicted molar refractivity (Wildman–Crippen MR) is 103 cm³/mol. The van der Waals surface area contributed by atoms with E-state index in [9.17, 15) is 4.79 Å². The van der Waals surface area contributed by atoms with Crippen LogP contribution in [0.15, 0.2) is 60.7 Å². The maximum atomic E-state index is 11.9. The second kappa shape index (κ2) is 8.13. The summed E-state index contributed by atoms with van der Waals surface area (Å²) in [5.41, 5.74) is 2.11. The SMILES string of the molecule is CC1(C)O[C@@H]2[C@@H](OCc3ccccc3)[C@@H](OCc3ccccc3)[C@@H](C=O)[C@@H]2O1. The van der Waals surface area contributed by atoms with Gasteiger partial charge in [0, 0.05) is 0 Å². The second-order valence-corrected chi connectivity index (χ2v) is 7.80. The molecule has 1 aliphatic heterocycles. The molecule has 5 nitrogen and oxygen atoms in total. The monoisotopic (exact) mass is 382 g/mol. The Kier molecular flexibility index (Phi) is 5.60. The Hall–Kier alpha value is -2.05. The second-order valence-electron chi connectivity index (χ2n) is 7.80. The third-order valence-corrected chi connectivity index (χ3v) is 5.30. The fourth-order valence-electron chi connectivity index (χ4n) is 4.05. The molecule has 1 saturated heterocycles. The molecule has 5 atom stereocenters. The fraction of sp³-hybridized carbons (Fsp3) is 0.435. The van der Waals surface area contributed by atoms with E-state index >= 15 is 0 Å². The average molecular weight is 382 g/mol. The van der Waals surface area contributed by atoms with E-state index in [1.165, 1.54) is 0 Å². The van der Waals surface area contributed by atoms with Gasteiger partial charge in [0.25, 0.3) is 0 Å². The molecule has 0 amide bonds. The van der Waals surface area contributed by atoms with E-state index < -0.39 is 17.8 Å². The van der Waals surface area contributed by atoms with Crippen molar-refractivity contribution < 1.29 is 23.7 Å². The highest BCUT2D eigenvalue weighted by Crippen LogP contribution is 2.44. The summed E-state index contributed by atoms with van der Waals surface area (Å²) in [6.45, 7) is 4.56. The highest BCUT2D eigenvalue weighted by molar-refractivity contribution is 5.57. The smallest absolute Gasteiger partial charge is 0.163 e. The van der Waals surface area contributed by atoms with Crippen LogP contribution in [0.2, 0.25) is 0 Å². The molecule has 1 aliphatic carbocycles. The molecule has 2 fully saturated rings. The minimum Gasteiger partial charge on any atom is -0.370 e. The largest absolute Gasteiger partial charge is 0.370 e. The third-order valence-electron chi connectivity index (χ3n) is 5.30. The van der Waals surface area contributed by atoms with E-state index in [1.54, 1.807) is 0 Å². The minimum atomic E-state index is -0.741. The van der Waals surface area contributed by atoms with Crippen molar-refractivity contribution in [2.24, 2.45) is 5.92 Å². The van der Waals surface area contributed by atoms with Crippen LogP contribution < -0.4 is 0 Å². The summed E-state index contributed by atoms with van der Waals surface area (Å²) in [7, 11) is 0. The van der Waals surface area contributed by atoms with Gasteiger partial charge >= 0.3 is 0 Å². The Morgan fingerprint density at radius 2 is 1.32 bits per heavy atom. The number of benzene rings is 2. The van der Waals surface area contributed by atoms with E-state index in [4.69, 9.17) is 18.9 Å². The zero-order valence-electron chi connectivity index (χ0n) is 16.2. The molecule has 0 spiro atoms. The summed E-state index contributed by atoms with van der Waals surface area (Å²) in [5, 5.41) is 0. The number of hydrogen-bond acceptors (Lipinski definition) is 5. The predicted octanol–water partition coefficient (Wildman–Crippen LogP) is 3.51. The van der Waals surface area contributed by atoms with Gasteiger partial charge in [0.1, 0.15) is 24.6 Å². The van der Waals surface area contributed by atoms with Gasteiger partial charge in [0.05, 0.1) is 25.2 Å². The van der Waals surface area contributed by atoms with Crippen LogP contribution in [0, 0.1) is 5.92 Å². The molecule has 28 heavy (non-hydrogen) atoms. The van der Waals surface area contributed by atoms with Gasteiger partial charge < -0.3 is 23.7 Å². The molecular weight excluding hydrogens is 356 g/mol. The first-order valence-corrected chi connectivity index (χ1v) is 9.69. The van der Waals surface area contributed by atoms with Crippen LogP contribution in [0.4, 0.5) is 0 Å². The summed E-state index contributed by atoms with van der Waals surface area (Å²) in [6, 6.07) is 19.9. The van der Waals surface area contributed by atoms with Crippen molar-refractivity contribution in [3.63, 3.8) is 0 Å². The van der Waals surface area contributed by atoms with Gasteiger partial charge in [-0.25, -0.2) is 0 Å². The number of hydrogen-bond donors (Lipinski definition) is 0. The Bertz CT molecular complexity index is 776. The van der Waals surface area contributed by atoms with E-state index in [-0.39, 0.29) is 18.3 Å². The summed E-state index contributed by atoms with van der Waals surface area (Å²) in [4.78, 5) is 11.9. The standard InChI is InChI=1S/C23H26O5/c1-23(2)27-20-18(13-24)19(25-14-16-9-5-3-6-10-16)21(22(20)28-23)26-15-17-11-7-4-8-12-17/h3-13,18-22H,14-15H2,1-2H3/t18-,19+,20+,21+,22+/m1/s1. The molecule has 0 radical (unpaired) electrons. The zero-order chi connectivity index (χ0) is 19.6. The molecule has 4 rings (SSSR count). The molecule has 148 valence electrons. The van der Waals surface area contributed by atoms with Gasteiger partial charge in [-0.3, -0.25) is 0 Å². The molecule has 2 aromatic carbocycles. The van der Waals surface area contributed by atoms with Crippen molar-refractivity contribution in [3.05, 3.63) is 71.8 Å². The molecule has 0 bridgehead atoms. The average Bonchev–Trinajstić information content (AvgIpc) is 3.15. The Balaban J connectivity index is 1.52. The van der Waals surface area contributed by atoms with Crippen molar-refractivity contribution >= 4 is 6.29 Å². The van der Waals surface area contributed by atoms with Crippen LogP contribution in [-0.4, -0.2) is 36.5 Å². The molecule has 1 saturated carbocycles. The Morgan fingerprint density at radius 1 is 0.821 bits per heavy atom. The Morgan fingerprint density at radius 3 is 1.86 bits per heavy atom. The number of fused-ring (bicyclic) bond motifs is 1. The first-order chi connectivity index (χ1) is 13.6. The van der Waals surface area contributed by atoms with E-state index in [2.05, 4.69) is 0 Å². The molecule has 0 N–H and O–H groups in total. The lowest BCUT2D eigenvalue weighted by atomic mass is 10.1. The van der Waals surface area contributed by atoms with Crippen molar-refractivity contribution in [2.75, 3.05) is 0 Å². The minimum absolute atomic E-state index is 0.338. The number of aldehydes is 1. The zero-order valence-corrected chi connectivity index (χ0v) is 16.2. The van der Waals surface area contributed by atoms with Crippen LogP contribution in [0.3, 0.4) is 0 Å². The first-order valence-electron chi connectivity index (χ1n) is 9.69. The van der Waals surface area contributed by atoms with E-state index in [0.717, 1.165) is 17.4 Å². The number of carbonyl (C=O) groups excluding carboxylic acids is 1. The van der Waals surface area contributed by atoms with Crippen molar-refractivity contribution in [1.82, 2.24) is 0 Å². The lowest BCUT2D eigenvalue weighted by Crippen LogP contribution is -2.39. The molecule has 2 aliphatic rings. The molecule has 5 heteroatoms. The normalized spacial score (nSPS) is 30.9. The van der Waals surface area contributed by atoms with Gasteiger partial charge in [-0.15, -0.1) is 0 Å². The van der Waals surface area contributed by atoms with Gasteiger partial charge in [-0.2, -0.15) is 0 Å². The Labute approximate surface area is 165 Å². The highest BCUT2D eigenvalue weighted by Gasteiger charge is 2.60. The van der Waals surface area contributed by atoms with Crippen LogP contribution in [0.25, 0.3) is 0 Å². The van der Waals surface area contributed by atoms with Gasteiger partial charge in [-0.05, 0) is 25.0 Å². The summed E-state index contributed by atoms with van der Waals surface area (Å²) in [6.07, 6.45) is -0.591. The number of ether oxygens (including phenoxy) is 4. The van der Waals surface area contributed by atoms with E-state index in [1.807, 2.05) is 74.5 Å². The topological polar surface area (TPSA) is 54.0 Å². The van der Waals surface area contributed by atoms with Crippen molar-refractivity contribution in [2.45, 2.75) is 57.3 Å². The van der Waals surface area contributed by atoms with Crippen LogP contribution in [-0.2, 0) is 37.0 Å². The summed E-state index contributed by atoms with van der Waals surface area (Å²) in [5.74, 6) is -1.17. The lowest BCUT2D eigenvalue weighted by molar-refractivity contribution is -0.195. The molecular formula is C23H26O5. The van der Waals surface area contributed by atoms with Gasteiger partial charge in [0.2, 0.25) is 0 Å². The van der Waals surface area contributed by atoms with Gasteiger partial charge in [-0.1, -0.05) is 60.7 Å². The maximum absolute atomic E-state index is 11.9. The van der Waals surface area contributed by atoms with Crippen LogP contribution in [0.5, 0.6) is 0 Å². The molecule has 2 aromatic rings. The molecule has 1 heterocycles. The molecule has 0 aromatic heterocycles. The van der Waals surface area contributed by atoms with Crippen LogP contribution in [0.1, 0.15) is 25.0 Å². The van der Waals surface area contributed by atoms with Crippen LogP contribution >= 0.6 is 0 Å². The quantitative estimate of drug-likeness (QED) is 0.686. The number of carbonyl (C=O) groups is 1. The third kappa shape index (κ3) is 4.03. The number of rotatable bonds is 7.